The third-order valence-electron chi connectivity index (χ3n) is 3.91. The molecule has 0 aliphatic carbocycles. The molecule has 5 nitrogen and oxygen atoms in total. The highest BCUT2D eigenvalue weighted by Gasteiger charge is 2.50. The summed E-state index contributed by atoms with van der Waals surface area (Å²) in [5, 5.41) is 0.533. The molecule has 0 spiro atoms. The maximum Gasteiger partial charge on any atom is 0.270 e. The molecule has 2 aromatic rings. The van der Waals surface area contributed by atoms with Crippen molar-refractivity contribution >= 4 is 50.7 Å². The van der Waals surface area contributed by atoms with Gasteiger partial charge >= 0.3 is 0 Å². The molecule has 0 aromatic heterocycles. The predicted molar refractivity (Wildman–Crippen MR) is 93.0 cm³/mol. The lowest BCUT2D eigenvalue weighted by Gasteiger charge is -2.15. The van der Waals surface area contributed by atoms with Crippen molar-refractivity contribution in [3.8, 4) is 0 Å². The Morgan fingerprint density at radius 1 is 1.04 bits per heavy atom. The quantitative estimate of drug-likeness (QED) is 0.779. The van der Waals surface area contributed by atoms with Crippen LogP contribution in [0.25, 0.3) is 5.70 Å². The number of nitrogens with zero attached hydrogens (tertiary/aromatic N) is 1. The molecule has 24 heavy (non-hydrogen) atoms. The van der Waals surface area contributed by atoms with Gasteiger partial charge in [-0.15, -0.1) is 0 Å². The average molecular weight is 406 g/mol. The van der Waals surface area contributed by atoms with E-state index in [1.807, 2.05) is 24.3 Å². The van der Waals surface area contributed by atoms with Crippen molar-refractivity contribution in [2.75, 3.05) is 4.90 Å². The van der Waals surface area contributed by atoms with Gasteiger partial charge in [0.2, 0.25) is 0 Å². The minimum atomic E-state index is -0.938. The van der Waals surface area contributed by atoms with Gasteiger partial charge in [0.1, 0.15) is 0 Å². The largest absolute Gasteiger partial charge is 0.270 e. The summed E-state index contributed by atoms with van der Waals surface area (Å²) >= 11 is 9.24. The normalized spacial score (nSPS) is 19.8. The van der Waals surface area contributed by atoms with Gasteiger partial charge in [0.15, 0.2) is 6.10 Å². The molecule has 2 aliphatic rings. The molecule has 7 heteroatoms. The summed E-state index contributed by atoms with van der Waals surface area (Å²) in [5.74, 6) is -0.813. The summed E-state index contributed by atoms with van der Waals surface area (Å²) in [6, 6.07) is 13.9. The van der Waals surface area contributed by atoms with Crippen LogP contribution in [0.1, 0.15) is 5.56 Å². The highest BCUT2D eigenvalue weighted by molar-refractivity contribution is 9.10. The molecule has 1 saturated heterocycles. The molecule has 120 valence electrons. The number of hydrogen-bond acceptors (Lipinski definition) is 4. The predicted octanol–water partition coefficient (Wildman–Crippen LogP) is 3.29. The summed E-state index contributed by atoms with van der Waals surface area (Å²) in [5.41, 5.74) is 4.78. The first kappa shape index (κ1) is 15.4. The van der Waals surface area contributed by atoms with Crippen molar-refractivity contribution in [2.24, 2.45) is 0 Å². The van der Waals surface area contributed by atoms with Gasteiger partial charge in [-0.05, 0) is 36.4 Å². The SMILES string of the molecule is O=C1C2=C(c3ccc(Br)cc3)NO[C@@H]2C(=O)N1c1ccc(Cl)cc1. The van der Waals surface area contributed by atoms with Gasteiger partial charge in [-0.1, -0.05) is 39.7 Å². The first-order chi connectivity index (χ1) is 11.6. The number of halogens is 2. The van der Waals surface area contributed by atoms with Crippen LogP contribution < -0.4 is 10.4 Å². The Bertz CT molecular complexity index is 878. The van der Waals surface area contributed by atoms with Crippen molar-refractivity contribution in [3.63, 3.8) is 0 Å². The van der Waals surface area contributed by atoms with Crippen molar-refractivity contribution in [1.29, 1.82) is 0 Å². The lowest BCUT2D eigenvalue weighted by molar-refractivity contribution is -0.127. The molecule has 1 fully saturated rings. The summed E-state index contributed by atoms with van der Waals surface area (Å²) in [7, 11) is 0. The van der Waals surface area contributed by atoms with E-state index >= 15 is 0 Å². The fourth-order valence-electron chi connectivity index (χ4n) is 2.76. The van der Waals surface area contributed by atoms with Crippen LogP contribution in [0.5, 0.6) is 0 Å². The van der Waals surface area contributed by atoms with E-state index in [0.29, 0.717) is 22.0 Å². The molecule has 2 aliphatic heterocycles. The highest BCUT2D eigenvalue weighted by atomic mass is 79.9. The monoisotopic (exact) mass is 404 g/mol. The molecular formula is C17H10BrClN2O3. The maximum absolute atomic E-state index is 12.8. The van der Waals surface area contributed by atoms with Crippen LogP contribution in [0.3, 0.4) is 0 Å². The Morgan fingerprint density at radius 3 is 2.38 bits per heavy atom. The zero-order valence-electron chi connectivity index (χ0n) is 12.1. The van der Waals surface area contributed by atoms with E-state index in [-0.39, 0.29) is 0 Å². The number of anilines is 1. The Morgan fingerprint density at radius 2 is 1.71 bits per heavy atom. The fraction of sp³-hybridized carbons (Fsp3) is 0.0588. The van der Waals surface area contributed by atoms with Crippen LogP contribution in [0, 0.1) is 0 Å². The standard InChI is InChI=1S/C17H10BrClN2O3/c18-10-3-1-9(2-4-10)14-13-15(24-20-14)17(23)21(16(13)22)12-7-5-11(19)6-8-12/h1-8,15,20H/t15-/m0/s1. The second kappa shape index (κ2) is 5.73. The minimum absolute atomic E-state index is 0.317. The number of carbonyl (C=O) groups is 2. The van der Waals surface area contributed by atoms with Gasteiger partial charge in [0.25, 0.3) is 11.8 Å². The van der Waals surface area contributed by atoms with Gasteiger partial charge in [-0.2, -0.15) is 0 Å². The molecule has 2 heterocycles. The zero-order valence-corrected chi connectivity index (χ0v) is 14.5. The van der Waals surface area contributed by atoms with E-state index in [1.165, 1.54) is 0 Å². The van der Waals surface area contributed by atoms with Crippen molar-refractivity contribution in [1.82, 2.24) is 5.48 Å². The maximum atomic E-state index is 12.8. The van der Waals surface area contributed by atoms with Crippen LogP contribution in [0.15, 0.2) is 58.6 Å². The number of imide groups is 1. The number of amides is 2. The van der Waals surface area contributed by atoms with Gasteiger partial charge in [-0.25, -0.2) is 4.90 Å². The number of fused-ring (bicyclic) bond motifs is 1. The van der Waals surface area contributed by atoms with E-state index in [9.17, 15) is 9.59 Å². The van der Waals surface area contributed by atoms with Crippen molar-refractivity contribution in [3.05, 3.63) is 69.2 Å². The molecule has 4 rings (SSSR count). The molecule has 2 amide bonds. The highest BCUT2D eigenvalue weighted by Crippen LogP contribution is 2.36. The molecule has 0 saturated carbocycles. The summed E-state index contributed by atoms with van der Waals surface area (Å²) in [6.45, 7) is 0. The third-order valence-corrected chi connectivity index (χ3v) is 4.69. The molecular weight excluding hydrogens is 396 g/mol. The lowest BCUT2D eigenvalue weighted by atomic mass is 10.1. The van der Waals surface area contributed by atoms with E-state index in [2.05, 4.69) is 21.4 Å². The fourth-order valence-corrected chi connectivity index (χ4v) is 3.15. The van der Waals surface area contributed by atoms with Crippen molar-refractivity contribution < 1.29 is 14.4 Å². The molecule has 0 unspecified atom stereocenters. The number of hydrogen-bond donors (Lipinski definition) is 1. The summed E-state index contributed by atoms with van der Waals surface area (Å²) in [6.07, 6.45) is -0.938. The summed E-state index contributed by atoms with van der Waals surface area (Å²) in [4.78, 5) is 31.9. The number of nitrogens with one attached hydrogen (secondary N) is 1. The Kier molecular flexibility index (Phi) is 3.68. The number of carbonyl (C=O) groups excluding carboxylic acids is 2. The van der Waals surface area contributed by atoms with Gasteiger partial charge in [0, 0.05) is 15.1 Å². The minimum Gasteiger partial charge on any atom is -0.270 e. The van der Waals surface area contributed by atoms with E-state index in [4.69, 9.17) is 16.4 Å². The van der Waals surface area contributed by atoms with Gasteiger partial charge < -0.3 is 0 Å². The lowest BCUT2D eigenvalue weighted by Crippen LogP contribution is -2.34. The first-order valence-corrected chi connectivity index (χ1v) is 8.29. The van der Waals surface area contributed by atoms with Crippen LogP contribution >= 0.6 is 27.5 Å². The molecule has 1 atom stereocenters. The second-order valence-corrected chi connectivity index (χ2v) is 6.70. The molecule has 0 radical (unpaired) electrons. The number of benzene rings is 2. The Hall–Kier alpha value is -2.15. The van der Waals surface area contributed by atoms with Gasteiger partial charge in [0.05, 0.1) is 17.0 Å². The van der Waals surface area contributed by atoms with Crippen LogP contribution in [0.2, 0.25) is 5.02 Å². The first-order valence-electron chi connectivity index (χ1n) is 7.12. The van der Waals surface area contributed by atoms with Crippen molar-refractivity contribution in [2.45, 2.75) is 6.10 Å². The second-order valence-electron chi connectivity index (χ2n) is 5.35. The zero-order chi connectivity index (χ0) is 16.8. The smallest absolute Gasteiger partial charge is 0.270 e. The molecule has 1 N–H and O–H groups in total. The molecule has 2 aromatic carbocycles. The topological polar surface area (TPSA) is 58.6 Å². The Labute approximate surface area is 150 Å². The molecule has 0 bridgehead atoms. The number of hydroxylamine groups is 1. The van der Waals surface area contributed by atoms with Gasteiger partial charge in [-0.3, -0.25) is 19.9 Å². The van der Waals surface area contributed by atoms with E-state index < -0.39 is 17.9 Å². The van der Waals surface area contributed by atoms with E-state index in [1.54, 1.807) is 24.3 Å². The van der Waals surface area contributed by atoms with Crippen LogP contribution in [-0.4, -0.2) is 17.9 Å². The van der Waals surface area contributed by atoms with Crippen LogP contribution in [-0.2, 0) is 14.4 Å². The van der Waals surface area contributed by atoms with E-state index in [0.717, 1.165) is 14.9 Å². The Balaban J connectivity index is 1.78. The van der Waals surface area contributed by atoms with Crippen LogP contribution in [0.4, 0.5) is 5.69 Å². The third kappa shape index (κ3) is 2.34. The summed E-state index contributed by atoms with van der Waals surface area (Å²) < 4.78 is 0.920. The average Bonchev–Trinajstić information content (AvgIpc) is 3.11. The number of rotatable bonds is 2.